The molecule has 0 saturated heterocycles. The number of hydrogen-bond donors (Lipinski definition) is 2. The minimum atomic E-state index is -0.0841. The highest BCUT2D eigenvalue weighted by atomic mass is 16.1. The summed E-state index contributed by atoms with van der Waals surface area (Å²) in [7, 11) is 0. The minimum absolute atomic E-state index is 0.0160. The third kappa shape index (κ3) is 4.79. The topological polar surface area (TPSA) is 41.1 Å². The van der Waals surface area contributed by atoms with Crippen molar-refractivity contribution in [3.05, 3.63) is 66.2 Å². The van der Waals surface area contributed by atoms with Gasteiger partial charge in [0.15, 0.2) is 0 Å². The fourth-order valence-corrected chi connectivity index (χ4v) is 2.05. The lowest BCUT2D eigenvalue weighted by Crippen LogP contribution is -2.31. The molecule has 0 fully saturated rings. The van der Waals surface area contributed by atoms with Gasteiger partial charge in [0.25, 0.3) is 0 Å². The van der Waals surface area contributed by atoms with Crippen LogP contribution in [0.2, 0.25) is 0 Å². The maximum Gasteiger partial charge on any atom is 0.238 e. The molecule has 2 aromatic rings. The minimum Gasteiger partial charge on any atom is -0.325 e. The van der Waals surface area contributed by atoms with E-state index in [0.717, 1.165) is 11.3 Å². The molecule has 0 heterocycles. The van der Waals surface area contributed by atoms with E-state index in [-0.39, 0.29) is 18.5 Å². The molecular formula is C18H18N2O. The average molecular weight is 278 g/mol. The van der Waals surface area contributed by atoms with Crippen molar-refractivity contribution in [3.63, 3.8) is 0 Å². The first kappa shape index (κ1) is 14.8. The lowest BCUT2D eigenvalue weighted by molar-refractivity contribution is -0.115. The Kier molecular flexibility index (Phi) is 5.57. The summed E-state index contributed by atoms with van der Waals surface area (Å²) in [5, 5.41) is 6.04. The van der Waals surface area contributed by atoms with Crippen molar-refractivity contribution in [2.45, 2.75) is 12.5 Å². The van der Waals surface area contributed by atoms with Crippen molar-refractivity contribution in [3.8, 4) is 12.3 Å². The van der Waals surface area contributed by atoms with Gasteiger partial charge in [0.2, 0.25) is 5.91 Å². The van der Waals surface area contributed by atoms with Gasteiger partial charge in [-0.05, 0) is 17.7 Å². The van der Waals surface area contributed by atoms with Crippen LogP contribution in [0.15, 0.2) is 60.7 Å². The zero-order valence-electron chi connectivity index (χ0n) is 11.8. The smallest absolute Gasteiger partial charge is 0.238 e. The van der Waals surface area contributed by atoms with E-state index in [0.29, 0.717) is 6.42 Å². The quantitative estimate of drug-likeness (QED) is 0.798. The summed E-state index contributed by atoms with van der Waals surface area (Å²) in [6.45, 7) is 0.218. The largest absolute Gasteiger partial charge is 0.325 e. The molecule has 0 unspecified atom stereocenters. The fraction of sp³-hybridized carbons (Fsp3) is 0.167. The zero-order chi connectivity index (χ0) is 14.9. The van der Waals surface area contributed by atoms with Crippen molar-refractivity contribution in [1.29, 1.82) is 0 Å². The lowest BCUT2D eigenvalue weighted by atomic mass is 10.0. The molecule has 3 nitrogen and oxygen atoms in total. The number of para-hydroxylation sites is 1. The van der Waals surface area contributed by atoms with E-state index >= 15 is 0 Å². The lowest BCUT2D eigenvalue weighted by Gasteiger charge is -2.16. The molecule has 0 radical (unpaired) electrons. The molecular weight excluding hydrogens is 260 g/mol. The molecule has 0 aliphatic rings. The highest BCUT2D eigenvalue weighted by molar-refractivity contribution is 5.92. The molecule has 1 atom stereocenters. The van der Waals surface area contributed by atoms with Gasteiger partial charge in [0.05, 0.1) is 6.54 Å². The number of rotatable bonds is 6. The van der Waals surface area contributed by atoms with Crippen LogP contribution in [0.5, 0.6) is 0 Å². The summed E-state index contributed by atoms with van der Waals surface area (Å²) in [6, 6.07) is 19.3. The second kappa shape index (κ2) is 7.88. The summed E-state index contributed by atoms with van der Waals surface area (Å²) in [5.41, 5.74) is 1.88. The van der Waals surface area contributed by atoms with Crippen molar-refractivity contribution in [2.24, 2.45) is 0 Å². The molecule has 2 aromatic carbocycles. The predicted molar refractivity (Wildman–Crippen MR) is 85.7 cm³/mol. The second-order valence-electron chi connectivity index (χ2n) is 4.67. The summed E-state index contributed by atoms with van der Waals surface area (Å²) in [4.78, 5) is 11.9. The Bertz CT molecular complexity index is 602. The van der Waals surface area contributed by atoms with Crippen LogP contribution in [0, 0.1) is 12.3 Å². The second-order valence-corrected chi connectivity index (χ2v) is 4.67. The van der Waals surface area contributed by atoms with Gasteiger partial charge in [-0.25, -0.2) is 0 Å². The summed E-state index contributed by atoms with van der Waals surface area (Å²) in [6.07, 6.45) is 5.95. The zero-order valence-corrected chi connectivity index (χ0v) is 11.8. The number of carbonyl (C=O) groups is 1. The molecule has 21 heavy (non-hydrogen) atoms. The van der Waals surface area contributed by atoms with E-state index in [4.69, 9.17) is 6.42 Å². The van der Waals surface area contributed by atoms with Crippen molar-refractivity contribution >= 4 is 11.6 Å². The van der Waals surface area contributed by atoms with Crippen LogP contribution in [-0.4, -0.2) is 12.5 Å². The number of benzene rings is 2. The van der Waals surface area contributed by atoms with Gasteiger partial charge in [0.1, 0.15) is 0 Å². The van der Waals surface area contributed by atoms with Gasteiger partial charge in [-0.15, -0.1) is 12.3 Å². The van der Waals surface area contributed by atoms with Crippen LogP contribution in [0.4, 0.5) is 5.69 Å². The Morgan fingerprint density at radius 1 is 1.05 bits per heavy atom. The monoisotopic (exact) mass is 278 g/mol. The molecule has 0 spiro atoms. The molecule has 0 aliphatic carbocycles. The Labute approximate surface area is 125 Å². The van der Waals surface area contributed by atoms with Crippen LogP contribution in [-0.2, 0) is 4.79 Å². The number of nitrogens with one attached hydrogen (secondary N) is 2. The van der Waals surface area contributed by atoms with Gasteiger partial charge in [-0.3, -0.25) is 4.79 Å². The summed E-state index contributed by atoms with van der Waals surface area (Å²) < 4.78 is 0. The fourth-order valence-electron chi connectivity index (χ4n) is 2.05. The standard InChI is InChI=1S/C18H18N2O/c1-2-9-17(15-10-5-3-6-11-15)19-14-18(21)20-16-12-7-4-8-13-16/h1,3-8,10-13,17,19H,9,14H2,(H,20,21)/t17-/m1/s1. The van der Waals surface area contributed by atoms with Crippen LogP contribution in [0.3, 0.4) is 0 Å². The summed E-state index contributed by atoms with van der Waals surface area (Å²) in [5.74, 6) is 2.56. The van der Waals surface area contributed by atoms with Crippen LogP contribution in [0.25, 0.3) is 0 Å². The number of hydrogen-bond acceptors (Lipinski definition) is 2. The predicted octanol–water partition coefficient (Wildman–Crippen LogP) is 2.98. The molecule has 0 saturated carbocycles. The van der Waals surface area contributed by atoms with Gasteiger partial charge >= 0.3 is 0 Å². The molecule has 3 heteroatoms. The normalized spacial score (nSPS) is 11.4. The van der Waals surface area contributed by atoms with Gasteiger partial charge in [-0.2, -0.15) is 0 Å². The average Bonchev–Trinajstić information content (AvgIpc) is 2.53. The SMILES string of the molecule is C#CC[C@@H](NCC(=O)Nc1ccccc1)c1ccccc1. The van der Waals surface area contributed by atoms with Gasteiger partial charge in [-0.1, -0.05) is 48.5 Å². The van der Waals surface area contributed by atoms with E-state index in [1.54, 1.807) is 0 Å². The molecule has 106 valence electrons. The van der Waals surface area contributed by atoms with Crippen molar-refractivity contribution < 1.29 is 4.79 Å². The van der Waals surface area contributed by atoms with Crippen LogP contribution >= 0.6 is 0 Å². The first-order valence-electron chi connectivity index (χ1n) is 6.86. The Hall–Kier alpha value is -2.57. The van der Waals surface area contributed by atoms with E-state index < -0.39 is 0 Å². The van der Waals surface area contributed by atoms with Crippen LogP contribution in [0.1, 0.15) is 18.0 Å². The van der Waals surface area contributed by atoms with Crippen molar-refractivity contribution in [1.82, 2.24) is 5.32 Å². The maximum absolute atomic E-state index is 11.9. The number of amides is 1. The van der Waals surface area contributed by atoms with Crippen LogP contribution < -0.4 is 10.6 Å². The Morgan fingerprint density at radius 3 is 2.29 bits per heavy atom. The highest BCUT2D eigenvalue weighted by Gasteiger charge is 2.11. The third-order valence-corrected chi connectivity index (χ3v) is 3.09. The van der Waals surface area contributed by atoms with Crippen molar-refractivity contribution in [2.75, 3.05) is 11.9 Å². The molecule has 2 N–H and O–H groups in total. The molecule has 1 amide bonds. The highest BCUT2D eigenvalue weighted by Crippen LogP contribution is 2.15. The first-order chi connectivity index (χ1) is 10.3. The first-order valence-corrected chi connectivity index (χ1v) is 6.86. The number of terminal acetylenes is 1. The third-order valence-electron chi connectivity index (χ3n) is 3.09. The van der Waals surface area contributed by atoms with E-state index in [1.807, 2.05) is 60.7 Å². The molecule has 0 aliphatic heterocycles. The molecule has 2 rings (SSSR count). The van der Waals surface area contributed by atoms with E-state index in [1.165, 1.54) is 0 Å². The Balaban J connectivity index is 1.90. The molecule has 0 aromatic heterocycles. The molecule has 0 bridgehead atoms. The maximum atomic E-state index is 11.9. The number of anilines is 1. The van der Waals surface area contributed by atoms with Gasteiger partial charge < -0.3 is 10.6 Å². The Morgan fingerprint density at radius 2 is 1.67 bits per heavy atom. The number of carbonyl (C=O) groups excluding carboxylic acids is 1. The summed E-state index contributed by atoms with van der Waals surface area (Å²) >= 11 is 0. The van der Waals surface area contributed by atoms with E-state index in [9.17, 15) is 4.79 Å². The van der Waals surface area contributed by atoms with E-state index in [2.05, 4.69) is 16.6 Å². The van der Waals surface area contributed by atoms with Gasteiger partial charge in [0, 0.05) is 18.2 Å².